The van der Waals surface area contributed by atoms with Gasteiger partial charge in [0.15, 0.2) is 0 Å². The molecule has 0 aliphatic heterocycles. The van der Waals surface area contributed by atoms with Crippen molar-refractivity contribution in [2.24, 2.45) is 0 Å². The molecule has 0 radical (unpaired) electrons. The van der Waals surface area contributed by atoms with Gasteiger partial charge in [-0.25, -0.2) is 0 Å². The van der Waals surface area contributed by atoms with Gasteiger partial charge < -0.3 is 0 Å². The smallest absolute Gasteiger partial charge is 0.0145 e. The third-order valence-electron chi connectivity index (χ3n) is 4.25. The molecule has 0 spiro atoms. The molecule has 2 heteroatoms. The Morgan fingerprint density at radius 3 is 2.42 bits per heavy atom. The largest absolute Gasteiger partial charge is 0.295 e. The van der Waals surface area contributed by atoms with Crippen molar-refractivity contribution in [1.82, 2.24) is 4.90 Å². The highest BCUT2D eigenvalue weighted by Gasteiger charge is 2.28. The summed E-state index contributed by atoms with van der Waals surface area (Å²) in [4.78, 5) is 4.18. The molecule has 1 aliphatic carbocycles. The Hall–Kier alpha value is -0.470. The van der Waals surface area contributed by atoms with E-state index in [0.29, 0.717) is 18.1 Å². The molecule has 1 nitrogen and oxygen atoms in total. The molecule has 0 saturated heterocycles. The van der Waals surface area contributed by atoms with Gasteiger partial charge >= 0.3 is 0 Å². The van der Waals surface area contributed by atoms with Crippen molar-refractivity contribution in [2.45, 2.75) is 70.0 Å². The predicted molar refractivity (Wildman–Crippen MR) is 86.1 cm³/mol. The second-order valence-corrected chi connectivity index (χ2v) is 6.98. The van der Waals surface area contributed by atoms with E-state index in [9.17, 15) is 0 Å². The van der Waals surface area contributed by atoms with E-state index in [1.165, 1.54) is 24.2 Å². The molecule has 0 fully saturated rings. The molecule has 106 valence electrons. The van der Waals surface area contributed by atoms with Crippen LogP contribution in [-0.2, 0) is 12.8 Å². The highest BCUT2D eigenvalue weighted by Crippen LogP contribution is 2.32. The van der Waals surface area contributed by atoms with Gasteiger partial charge in [0, 0.05) is 23.0 Å². The lowest BCUT2D eigenvalue weighted by molar-refractivity contribution is 0.102. The minimum absolute atomic E-state index is 0.632. The molecule has 1 aliphatic rings. The van der Waals surface area contributed by atoms with Crippen LogP contribution in [0.5, 0.6) is 0 Å². The standard InChI is InChI=1S/C17H27NS/c1-12(2)18(13(3)4)15-10-9-14-7-6-8-17(19-5)16(14)11-15/h6-8,12-13,15H,9-11H2,1-5H3/t15-/m1/s1. The molecule has 0 aromatic heterocycles. The lowest BCUT2D eigenvalue weighted by Gasteiger charge is -2.41. The zero-order valence-corrected chi connectivity index (χ0v) is 13.8. The fraction of sp³-hybridized carbons (Fsp3) is 0.647. The Kier molecular flexibility index (Phi) is 4.97. The van der Waals surface area contributed by atoms with Gasteiger partial charge in [0.05, 0.1) is 0 Å². The van der Waals surface area contributed by atoms with E-state index in [0.717, 1.165) is 0 Å². The Morgan fingerprint density at radius 2 is 1.84 bits per heavy atom. The molecule has 1 aromatic carbocycles. The van der Waals surface area contributed by atoms with Crippen molar-refractivity contribution in [3.8, 4) is 0 Å². The summed E-state index contributed by atoms with van der Waals surface area (Å²) in [5.41, 5.74) is 3.19. The summed E-state index contributed by atoms with van der Waals surface area (Å²) in [5.74, 6) is 0. The topological polar surface area (TPSA) is 3.24 Å². The average Bonchev–Trinajstić information content (AvgIpc) is 2.37. The molecule has 1 atom stereocenters. The molecule has 2 rings (SSSR count). The molecule has 19 heavy (non-hydrogen) atoms. The van der Waals surface area contributed by atoms with E-state index in [-0.39, 0.29) is 0 Å². The zero-order chi connectivity index (χ0) is 14.0. The lowest BCUT2D eigenvalue weighted by Crippen LogP contribution is -2.47. The predicted octanol–water partition coefficient (Wildman–Crippen LogP) is 4.38. The van der Waals surface area contributed by atoms with E-state index in [1.54, 1.807) is 11.1 Å². The second kappa shape index (κ2) is 6.32. The minimum Gasteiger partial charge on any atom is -0.295 e. The second-order valence-electron chi connectivity index (χ2n) is 6.13. The van der Waals surface area contributed by atoms with Gasteiger partial charge in [0.25, 0.3) is 0 Å². The Morgan fingerprint density at radius 1 is 1.16 bits per heavy atom. The van der Waals surface area contributed by atoms with Crippen LogP contribution in [0.4, 0.5) is 0 Å². The van der Waals surface area contributed by atoms with Crippen molar-refractivity contribution >= 4 is 11.8 Å². The Labute approximate surface area is 122 Å². The third kappa shape index (κ3) is 3.17. The highest BCUT2D eigenvalue weighted by atomic mass is 32.2. The van der Waals surface area contributed by atoms with Crippen LogP contribution in [-0.4, -0.2) is 29.3 Å². The van der Waals surface area contributed by atoms with E-state index in [1.807, 2.05) is 11.8 Å². The summed E-state index contributed by atoms with van der Waals surface area (Å²) in [5, 5.41) is 0. The number of fused-ring (bicyclic) bond motifs is 1. The molecule has 0 unspecified atom stereocenters. The van der Waals surface area contributed by atoms with Crippen molar-refractivity contribution in [3.63, 3.8) is 0 Å². The number of nitrogens with zero attached hydrogens (tertiary/aromatic N) is 1. The van der Waals surface area contributed by atoms with E-state index in [2.05, 4.69) is 57.0 Å². The average molecular weight is 277 g/mol. The van der Waals surface area contributed by atoms with Gasteiger partial charge in [0.1, 0.15) is 0 Å². The van der Waals surface area contributed by atoms with Crippen LogP contribution in [0.3, 0.4) is 0 Å². The number of benzene rings is 1. The van der Waals surface area contributed by atoms with Gasteiger partial charge in [0.2, 0.25) is 0 Å². The van der Waals surface area contributed by atoms with Gasteiger partial charge in [-0.3, -0.25) is 4.90 Å². The summed E-state index contributed by atoms with van der Waals surface area (Å²) in [6.45, 7) is 9.32. The Balaban J connectivity index is 2.25. The number of thioether (sulfide) groups is 1. The summed E-state index contributed by atoms with van der Waals surface area (Å²) in [6.07, 6.45) is 5.97. The number of aryl methyl sites for hydroxylation is 1. The van der Waals surface area contributed by atoms with Gasteiger partial charge in [-0.1, -0.05) is 12.1 Å². The van der Waals surface area contributed by atoms with Crippen LogP contribution in [0.15, 0.2) is 23.1 Å². The first-order valence-corrected chi connectivity index (χ1v) is 8.69. The van der Waals surface area contributed by atoms with Gasteiger partial charge in [-0.2, -0.15) is 0 Å². The fourth-order valence-electron chi connectivity index (χ4n) is 3.62. The maximum Gasteiger partial charge on any atom is 0.0145 e. The summed E-state index contributed by atoms with van der Waals surface area (Å²) in [7, 11) is 0. The first kappa shape index (κ1) is 14.9. The first-order valence-electron chi connectivity index (χ1n) is 7.46. The SMILES string of the molecule is CSc1cccc2c1C[C@H](N(C(C)C)C(C)C)CC2. The molecular formula is C17H27NS. The third-order valence-corrected chi connectivity index (χ3v) is 5.07. The summed E-state index contributed by atoms with van der Waals surface area (Å²) in [6, 6.07) is 8.79. The molecule has 1 aromatic rings. The minimum atomic E-state index is 0.632. The van der Waals surface area contributed by atoms with Crippen LogP contribution in [0, 0.1) is 0 Å². The Bertz CT molecular complexity index is 403. The van der Waals surface area contributed by atoms with E-state index in [4.69, 9.17) is 0 Å². The van der Waals surface area contributed by atoms with Crippen LogP contribution >= 0.6 is 11.8 Å². The highest BCUT2D eigenvalue weighted by molar-refractivity contribution is 7.98. The summed E-state index contributed by atoms with van der Waals surface area (Å²) < 4.78 is 0. The van der Waals surface area contributed by atoms with Crippen LogP contribution < -0.4 is 0 Å². The van der Waals surface area contributed by atoms with Crippen molar-refractivity contribution in [3.05, 3.63) is 29.3 Å². The molecule has 0 bridgehead atoms. The maximum atomic E-state index is 2.69. The molecule has 0 N–H and O–H groups in total. The van der Waals surface area contributed by atoms with Gasteiger partial charge in [-0.05, 0) is 70.4 Å². The normalized spacial score (nSPS) is 19.3. The summed E-state index contributed by atoms with van der Waals surface area (Å²) >= 11 is 1.90. The first-order chi connectivity index (χ1) is 9.04. The monoisotopic (exact) mass is 277 g/mol. The van der Waals surface area contributed by atoms with Crippen molar-refractivity contribution in [2.75, 3.05) is 6.26 Å². The lowest BCUT2D eigenvalue weighted by atomic mass is 9.86. The van der Waals surface area contributed by atoms with Crippen LogP contribution in [0.2, 0.25) is 0 Å². The van der Waals surface area contributed by atoms with Crippen LogP contribution in [0.25, 0.3) is 0 Å². The zero-order valence-electron chi connectivity index (χ0n) is 12.9. The molecule has 0 amide bonds. The number of rotatable bonds is 4. The van der Waals surface area contributed by atoms with Crippen molar-refractivity contribution < 1.29 is 0 Å². The molecular weight excluding hydrogens is 250 g/mol. The quantitative estimate of drug-likeness (QED) is 0.751. The molecule has 0 saturated carbocycles. The van der Waals surface area contributed by atoms with E-state index < -0.39 is 0 Å². The number of hydrogen-bond acceptors (Lipinski definition) is 2. The fourth-order valence-corrected chi connectivity index (χ4v) is 4.30. The van der Waals surface area contributed by atoms with E-state index >= 15 is 0 Å². The van der Waals surface area contributed by atoms with Gasteiger partial charge in [-0.15, -0.1) is 11.8 Å². The molecule has 0 heterocycles. The number of hydrogen-bond donors (Lipinski definition) is 0. The van der Waals surface area contributed by atoms with Crippen molar-refractivity contribution in [1.29, 1.82) is 0 Å². The maximum absolute atomic E-state index is 2.69. The van der Waals surface area contributed by atoms with Crippen LogP contribution in [0.1, 0.15) is 45.2 Å².